The SMILES string of the molecule is COc1ccc(S(=O)(=O)N[C@H](C(=O)N2CCOCC2)C(C)C)cc1. The molecule has 1 fully saturated rings. The Kier molecular flexibility index (Phi) is 6.20. The van der Waals surface area contributed by atoms with Crippen LogP contribution in [0.4, 0.5) is 0 Å². The summed E-state index contributed by atoms with van der Waals surface area (Å²) in [5, 5.41) is 0. The highest BCUT2D eigenvalue weighted by molar-refractivity contribution is 7.89. The van der Waals surface area contributed by atoms with Gasteiger partial charge in [-0.2, -0.15) is 4.72 Å². The maximum absolute atomic E-state index is 12.7. The van der Waals surface area contributed by atoms with Crippen LogP contribution in [0, 0.1) is 5.92 Å². The molecule has 0 spiro atoms. The Morgan fingerprint density at radius 3 is 2.29 bits per heavy atom. The van der Waals surface area contributed by atoms with Gasteiger partial charge in [0.1, 0.15) is 11.8 Å². The number of amides is 1. The molecule has 1 aromatic rings. The summed E-state index contributed by atoms with van der Waals surface area (Å²) in [5.41, 5.74) is 0. The molecule has 2 rings (SSSR count). The third-order valence-corrected chi connectivity index (χ3v) is 5.36. The summed E-state index contributed by atoms with van der Waals surface area (Å²) in [6.45, 7) is 5.54. The number of morpholine rings is 1. The molecule has 0 saturated carbocycles. The fourth-order valence-electron chi connectivity index (χ4n) is 2.44. The first-order valence-corrected chi connectivity index (χ1v) is 9.36. The van der Waals surface area contributed by atoms with Crippen LogP contribution in [0.5, 0.6) is 5.75 Å². The maximum atomic E-state index is 12.7. The molecule has 0 aromatic heterocycles. The predicted octanol–water partition coefficient (Wildman–Crippen LogP) is 0.857. The molecule has 7 nitrogen and oxygen atoms in total. The Bertz CT molecular complexity index is 652. The zero-order valence-electron chi connectivity index (χ0n) is 14.2. The monoisotopic (exact) mass is 356 g/mol. The Morgan fingerprint density at radius 1 is 1.21 bits per heavy atom. The molecule has 134 valence electrons. The molecule has 1 heterocycles. The summed E-state index contributed by atoms with van der Waals surface area (Å²) in [6.07, 6.45) is 0. The van der Waals surface area contributed by atoms with Crippen LogP contribution in [0.3, 0.4) is 0 Å². The van der Waals surface area contributed by atoms with Crippen LogP contribution in [0.15, 0.2) is 29.2 Å². The fourth-order valence-corrected chi connectivity index (χ4v) is 3.78. The van der Waals surface area contributed by atoms with Crippen LogP contribution >= 0.6 is 0 Å². The number of carbonyl (C=O) groups excluding carboxylic acids is 1. The lowest BCUT2D eigenvalue weighted by Gasteiger charge is -2.32. The van der Waals surface area contributed by atoms with Crippen molar-refractivity contribution in [2.45, 2.75) is 24.8 Å². The standard InChI is InChI=1S/C16H24N2O5S/c1-12(2)15(16(19)18-8-10-23-11-9-18)17-24(20,21)14-6-4-13(22-3)5-7-14/h4-7,12,15,17H,8-11H2,1-3H3/t15-/m0/s1. The van der Waals surface area contributed by atoms with Crippen molar-refractivity contribution in [2.24, 2.45) is 5.92 Å². The first-order valence-electron chi connectivity index (χ1n) is 7.88. The number of carbonyl (C=O) groups is 1. The van der Waals surface area contributed by atoms with E-state index in [4.69, 9.17) is 9.47 Å². The van der Waals surface area contributed by atoms with Gasteiger partial charge in [0.05, 0.1) is 25.2 Å². The summed E-state index contributed by atoms with van der Waals surface area (Å²) in [6, 6.07) is 5.25. The van der Waals surface area contributed by atoms with E-state index in [0.717, 1.165) is 0 Å². The van der Waals surface area contributed by atoms with Crippen molar-refractivity contribution in [2.75, 3.05) is 33.4 Å². The predicted molar refractivity (Wildman–Crippen MR) is 89.3 cm³/mol. The van der Waals surface area contributed by atoms with E-state index in [1.807, 2.05) is 13.8 Å². The van der Waals surface area contributed by atoms with Crippen LogP contribution in [-0.4, -0.2) is 58.7 Å². The van der Waals surface area contributed by atoms with Crippen molar-refractivity contribution in [1.29, 1.82) is 0 Å². The zero-order chi connectivity index (χ0) is 17.7. The van der Waals surface area contributed by atoms with Crippen LogP contribution in [-0.2, 0) is 19.6 Å². The maximum Gasteiger partial charge on any atom is 0.241 e. The van der Waals surface area contributed by atoms with E-state index in [0.29, 0.717) is 32.1 Å². The highest BCUT2D eigenvalue weighted by Crippen LogP contribution is 2.17. The number of nitrogens with zero attached hydrogens (tertiary/aromatic N) is 1. The second kappa shape index (κ2) is 7.96. The smallest absolute Gasteiger partial charge is 0.241 e. The Balaban J connectivity index is 2.17. The molecule has 1 aliphatic rings. The number of sulfonamides is 1. The summed E-state index contributed by atoms with van der Waals surface area (Å²) < 4.78 is 38.0. The molecule has 1 aromatic carbocycles. The van der Waals surface area contributed by atoms with Gasteiger partial charge < -0.3 is 14.4 Å². The van der Waals surface area contributed by atoms with Crippen molar-refractivity contribution < 1.29 is 22.7 Å². The molecular formula is C16H24N2O5S. The Morgan fingerprint density at radius 2 is 1.79 bits per heavy atom. The molecule has 0 aliphatic carbocycles. The van der Waals surface area contributed by atoms with Crippen molar-refractivity contribution in [1.82, 2.24) is 9.62 Å². The highest BCUT2D eigenvalue weighted by atomic mass is 32.2. The van der Waals surface area contributed by atoms with Gasteiger partial charge in [-0.3, -0.25) is 4.79 Å². The summed E-state index contributed by atoms with van der Waals surface area (Å²) >= 11 is 0. The van der Waals surface area contributed by atoms with Crippen LogP contribution in [0.25, 0.3) is 0 Å². The number of methoxy groups -OCH3 is 1. The van der Waals surface area contributed by atoms with Gasteiger partial charge in [0.2, 0.25) is 15.9 Å². The minimum Gasteiger partial charge on any atom is -0.497 e. The van der Waals surface area contributed by atoms with E-state index in [-0.39, 0.29) is 16.7 Å². The molecule has 1 N–H and O–H groups in total. The molecule has 1 saturated heterocycles. The summed E-state index contributed by atoms with van der Waals surface area (Å²) in [5.74, 6) is 0.178. The normalized spacial score (nSPS) is 16.9. The summed E-state index contributed by atoms with van der Waals surface area (Å²) in [4.78, 5) is 14.4. The van der Waals surface area contributed by atoms with Gasteiger partial charge in [0.15, 0.2) is 0 Å². The number of hydrogen-bond donors (Lipinski definition) is 1. The van der Waals surface area contributed by atoms with Crippen LogP contribution < -0.4 is 9.46 Å². The topological polar surface area (TPSA) is 84.9 Å². The fraction of sp³-hybridized carbons (Fsp3) is 0.562. The Hall–Kier alpha value is -1.64. The van der Waals surface area contributed by atoms with Crippen molar-refractivity contribution >= 4 is 15.9 Å². The number of benzene rings is 1. The third kappa shape index (κ3) is 4.46. The molecule has 0 unspecified atom stereocenters. The average Bonchev–Trinajstić information content (AvgIpc) is 2.59. The molecular weight excluding hydrogens is 332 g/mol. The summed E-state index contributed by atoms with van der Waals surface area (Å²) in [7, 11) is -2.29. The molecule has 1 aliphatic heterocycles. The second-order valence-electron chi connectivity index (χ2n) is 5.96. The number of hydrogen-bond acceptors (Lipinski definition) is 5. The van der Waals surface area contributed by atoms with Gasteiger partial charge in [-0.1, -0.05) is 13.8 Å². The van der Waals surface area contributed by atoms with E-state index >= 15 is 0 Å². The number of nitrogens with one attached hydrogen (secondary N) is 1. The molecule has 8 heteroatoms. The number of rotatable bonds is 6. The van der Waals surface area contributed by atoms with Crippen molar-refractivity contribution in [3.05, 3.63) is 24.3 Å². The lowest BCUT2D eigenvalue weighted by atomic mass is 10.0. The molecule has 1 atom stereocenters. The zero-order valence-corrected chi connectivity index (χ0v) is 15.0. The minimum atomic E-state index is -3.80. The van der Waals surface area contributed by atoms with Crippen LogP contribution in [0.1, 0.15) is 13.8 Å². The lowest BCUT2D eigenvalue weighted by Crippen LogP contribution is -2.53. The van der Waals surface area contributed by atoms with Gasteiger partial charge in [-0.25, -0.2) is 8.42 Å². The first-order chi connectivity index (χ1) is 11.3. The quantitative estimate of drug-likeness (QED) is 0.817. The van der Waals surface area contributed by atoms with Gasteiger partial charge in [0, 0.05) is 13.1 Å². The van der Waals surface area contributed by atoms with Crippen LogP contribution in [0.2, 0.25) is 0 Å². The Labute approximate surface area is 143 Å². The van der Waals surface area contributed by atoms with Crippen molar-refractivity contribution in [3.8, 4) is 5.75 Å². The van der Waals surface area contributed by atoms with Gasteiger partial charge in [-0.15, -0.1) is 0 Å². The second-order valence-corrected chi connectivity index (χ2v) is 7.67. The lowest BCUT2D eigenvalue weighted by molar-refractivity contribution is -0.138. The highest BCUT2D eigenvalue weighted by Gasteiger charge is 2.32. The van der Waals surface area contributed by atoms with Gasteiger partial charge in [0.25, 0.3) is 0 Å². The molecule has 1 amide bonds. The average molecular weight is 356 g/mol. The van der Waals surface area contributed by atoms with E-state index in [1.54, 1.807) is 17.0 Å². The minimum absolute atomic E-state index is 0.101. The molecule has 0 bridgehead atoms. The molecule has 0 radical (unpaired) electrons. The van der Waals surface area contributed by atoms with E-state index in [2.05, 4.69) is 4.72 Å². The van der Waals surface area contributed by atoms with E-state index in [9.17, 15) is 13.2 Å². The number of ether oxygens (including phenoxy) is 2. The van der Waals surface area contributed by atoms with Gasteiger partial charge in [-0.05, 0) is 30.2 Å². The third-order valence-electron chi connectivity index (χ3n) is 3.91. The van der Waals surface area contributed by atoms with Crippen molar-refractivity contribution in [3.63, 3.8) is 0 Å². The van der Waals surface area contributed by atoms with Gasteiger partial charge >= 0.3 is 0 Å². The largest absolute Gasteiger partial charge is 0.497 e. The van der Waals surface area contributed by atoms with E-state index < -0.39 is 16.1 Å². The molecule has 24 heavy (non-hydrogen) atoms. The van der Waals surface area contributed by atoms with E-state index in [1.165, 1.54) is 19.2 Å². The first kappa shape index (κ1) is 18.7.